The van der Waals surface area contributed by atoms with Crippen molar-refractivity contribution < 1.29 is 14.4 Å². The first kappa shape index (κ1) is 14.5. The predicted molar refractivity (Wildman–Crippen MR) is 66.4 cm³/mol. The van der Waals surface area contributed by atoms with Crippen molar-refractivity contribution in [3.63, 3.8) is 0 Å². The number of nitrogens with two attached hydrogens (primary N) is 1. The molecule has 1 aliphatic rings. The number of nitrogens with zero attached hydrogens (tertiary/aromatic N) is 1. The van der Waals surface area contributed by atoms with Gasteiger partial charge in [0.15, 0.2) is 0 Å². The molecule has 0 aromatic rings. The van der Waals surface area contributed by atoms with Gasteiger partial charge in [-0.25, -0.2) is 0 Å². The zero-order valence-electron chi connectivity index (χ0n) is 10.8. The zero-order valence-corrected chi connectivity index (χ0v) is 10.8. The van der Waals surface area contributed by atoms with Crippen molar-refractivity contribution in [2.45, 2.75) is 32.6 Å². The molecule has 1 heterocycles. The van der Waals surface area contributed by atoms with Gasteiger partial charge >= 0.3 is 0 Å². The first-order valence-corrected chi connectivity index (χ1v) is 6.32. The second kappa shape index (κ2) is 6.98. The van der Waals surface area contributed by atoms with Crippen LogP contribution in [0.3, 0.4) is 0 Å². The van der Waals surface area contributed by atoms with Crippen LogP contribution in [0.1, 0.15) is 32.6 Å². The number of likely N-dealkylation sites (tertiary alicyclic amines) is 1. The fourth-order valence-electron chi connectivity index (χ4n) is 2.10. The number of nitrogens with one attached hydrogen (secondary N) is 1. The third-order valence-corrected chi connectivity index (χ3v) is 3.12. The lowest BCUT2D eigenvalue weighted by Gasteiger charge is -2.31. The Bertz CT molecular complexity index is 331. The Kier molecular flexibility index (Phi) is 5.61. The van der Waals surface area contributed by atoms with Gasteiger partial charge in [0.05, 0.1) is 5.92 Å². The molecule has 0 saturated carbocycles. The average molecular weight is 255 g/mol. The van der Waals surface area contributed by atoms with E-state index < -0.39 is 0 Å². The number of hydrogen-bond donors (Lipinski definition) is 2. The Morgan fingerprint density at radius 2 is 2.11 bits per heavy atom. The smallest absolute Gasteiger partial charge is 0.222 e. The molecule has 6 heteroatoms. The van der Waals surface area contributed by atoms with E-state index in [1.54, 1.807) is 4.90 Å². The number of hydrogen-bond acceptors (Lipinski definition) is 3. The van der Waals surface area contributed by atoms with Crippen LogP contribution in [-0.2, 0) is 14.4 Å². The molecule has 0 aliphatic carbocycles. The third kappa shape index (κ3) is 4.73. The molecule has 18 heavy (non-hydrogen) atoms. The maximum Gasteiger partial charge on any atom is 0.222 e. The van der Waals surface area contributed by atoms with E-state index in [-0.39, 0.29) is 23.6 Å². The van der Waals surface area contributed by atoms with Crippen molar-refractivity contribution in [3.05, 3.63) is 0 Å². The van der Waals surface area contributed by atoms with Gasteiger partial charge in [0.1, 0.15) is 0 Å². The molecule has 0 radical (unpaired) electrons. The number of carbonyl (C=O) groups is 3. The highest BCUT2D eigenvalue weighted by Gasteiger charge is 2.26. The Morgan fingerprint density at radius 3 is 2.72 bits per heavy atom. The van der Waals surface area contributed by atoms with Crippen LogP contribution in [0.4, 0.5) is 0 Å². The molecule has 1 atom stereocenters. The molecule has 3 amide bonds. The van der Waals surface area contributed by atoms with Gasteiger partial charge in [-0.05, 0) is 19.3 Å². The Hall–Kier alpha value is -1.59. The van der Waals surface area contributed by atoms with Crippen molar-refractivity contribution in [2.75, 3.05) is 19.6 Å². The van der Waals surface area contributed by atoms with Gasteiger partial charge in [-0.15, -0.1) is 0 Å². The van der Waals surface area contributed by atoms with Crippen LogP contribution in [0.5, 0.6) is 0 Å². The summed E-state index contributed by atoms with van der Waals surface area (Å²) in [4.78, 5) is 35.3. The molecule has 1 saturated heterocycles. The van der Waals surface area contributed by atoms with E-state index in [2.05, 4.69) is 5.32 Å². The molecule has 6 nitrogen and oxygen atoms in total. The van der Waals surface area contributed by atoms with Crippen molar-refractivity contribution in [2.24, 2.45) is 11.7 Å². The van der Waals surface area contributed by atoms with Gasteiger partial charge in [-0.2, -0.15) is 0 Å². The van der Waals surface area contributed by atoms with Crippen molar-refractivity contribution >= 4 is 17.7 Å². The van der Waals surface area contributed by atoms with Crippen LogP contribution < -0.4 is 11.1 Å². The normalized spacial score (nSPS) is 19.4. The highest BCUT2D eigenvalue weighted by molar-refractivity contribution is 5.80. The summed E-state index contributed by atoms with van der Waals surface area (Å²) >= 11 is 0. The quantitative estimate of drug-likeness (QED) is 0.656. The number of piperidine rings is 1. The second-order valence-electron chi connectivity index (χ2n) is 4.67. The van der Waals surface area contributed by atoms with Gasteiger partial charge in [0.2, 0.25) is 17.7 Å². The van der Waals surface area contributed by atoms with E-state index in [0.29, 0.717) is 32.5 Å². The summed E-state index contributed by atoms with van der Waals surface area (Å²) < 4.78 is 0. The highest BCUT2D eigenvalue weighted by Crippen LogP contribution is 2.16. The van der Waals surface area contributed by atoms with E-state index in [1.165, 1.54) is 6.92 Å². The lowest BCUT2D eigenvalue weighted by atomic mass is 9.97. The molecule has 102 valence electrons. The summed E-state index contributed by atoms with van der Waals surface area (Å²) in [6.45, 7) is 3.09. The van der Waals surface area contributed by atoms with Crippen LogP contribution in [0.15, 0.2) is 0 Å². The summed E-state index contributed by atoms with van der Waals surface area (Å²) in [5, 5.41) is 2.65. The number of rotatable bonds is 5. The maximum absolute atomic E-state index is 11.9. The number of amides is 3. The molecule has 1 fully saturated rings. The van der Waals surface area contributed by atoms with Crippen LogP contribution in [0, 0.1) is 5.92 Å². The van der Waals surface area contributed by atoms with E-state index in [9.17, 15) is 14.4 Å². The monoisotopic (exact) mass is 255 g/mol. The van der Waals surface area contributed by atoms with Crippen LogP contribution in [-0.4, -0.2) is 42.3 Å². The summed E-state index contributed by atoms with van der Waals surface area (Å²) in [6.07, 6.45) is 2.61. The zero-order chi connectivity index (χ0) is 13.5. The topological polar surface area (TPSA) is 92.5 Å². The van der Waals surface area contributed by atoms with Gasteiger partial charge in [-0.1, -0.05) is 0 Å². The second-order valence-corrected chi connectivity index (χ2v) is 4.67. The third-order valence-electron chi connectivity index (χ3n) is 3.12. The maximum atomic E-state index is 11.9. The Balaban J connectivity index is 2.28. The van der Waals surface area contributed by atoms with Gasteiger partial charge in [0.25, 0.3) is 0 Å². The van der Waals surface area contributed by atoms with Gasteiger partial charge in [0, 0.05) is 33.0 Å². The van der Waals surface area contributed by atoms with Crippen LogP contribution in [0.25, 0.3) is 0 Å². The van der Waals surface area contributed by atoms with Crippen LogP contribution >= 0.6 is 0 Å². The average Bonchev–Trinajstić information content (AvgIpc) is 2.34. The largest absolute Gasteiger partial charge is 0.369 e. The summed E-state index contributed by atoms with van der Waals surface area (Å²) in [7, 11) is 0. The Morgan fingerprint density at radius 1 is 1.39 bits per heavy atom. The number of primary amides is 1. The molecule has 3 N–H and O–H groups in total. The first-order valence-electron chi connectivity index (χ1n) is 6.32. The summed E-state index contributed by atoms with van der Waals surface area (Å²) in [5.41, 5.74) is 5.26. The summed E-state index contributed by atoms with van der Waals surface area (Å²) in [5.74, 6) is -0.593. The predicted octanol–water partition coefficient (Wildman–Crippen LogP) is -0.373. The van der Waals surface area contributed by atoms with E-state index in [0.717, 1.165) is 12.8 Å². The SMILES string of the molecule is CC(=O)NCCCC(=O)N1CCCC(C(N)=O)C1. The van der Waals surface area contributed by atoms with E-state index >= 15 is 0 Å². The molecule has 0 aromatic heterocycles. The first-order chi connectivity index (χ1) is 8.50. The molecule has 0 spiro atoms. The summed E-state index contributed by atoms with van der Waals surface area (Å²) in [6, 6.07) is 0. The van der Waals surface area contributed by atoms with Crippen LogP contribution in [0.2, 0.25) is 0 Å². The molecular formula is C12H21N3O3. The molecule has 0 aromatic carbocycles. The van der Waals surface area contributed by atoms with E-state index in [1.807, 2.05) is 0 Å². The fraction of sp³-hybridized carbons (Fsp3) is 0.750. The minimum Gasteiger partial charge on any atom is -0.369 e. The van der Waals surface area contributed by atoms with Crippen molar-refractivity contribution in [1.29, 1.82) is 0 Å². The fourth-order valence-corrected chi connectivity index (χ4v) is 2.10. The van der Waals surface area contributed by atoms with E-state index in [4.69, 9.17) is 5.73 Å². The minimum atomic E-state index is -0.328. The van der Waals surface area contributed by atoms with Crippen molar-refractivity contribution in [1.82, 2.24) is 10.2 Å². The highest BCUT2D eigenvalue weighted by atomic mass is 16.2. The number of carbonyl (C=O) groups excluding carboxylic acids is 3. The molecular weight excluding hydrogens is 234 g/mol. The molecule has 0 bridgehead atoms. The lowest BCUT2D eigenvalue weighted by Crippen LogP contribution is -2.44. The van der Waals surface area contributed by atoms with Gasteiger partial charge < -0.3 is 16.0 Å². The lowest BCUT2D eigenvalue weighted by molar-refractivity contribution is -0.135. The molecule has 1 unspecified atom stereocenters. The minimum absolute atomic E-state index is 0.0336. The van der Waals surface area contributed by atoms with Crippen molar-refractivity contribution in [3.8, 4) is 0 Å². The molecule has 1 rings (SSSR count). The molecule has 1 aliphatic heterocycles. The Labute approximate surface area is 107 Å². The van der Waals surface area contributed by atoms with Gasteiger partial charge in [-0.3, -0.25) is 14.4 Å². The standard InChI is InChI=1S/C12H21N3O3/c1-9(16)14-6-2-5-11(17)15-7-3-4-10(8-15)12(13)18/h10H,2-8H2,1H3,(H2,13,18)(H,14,16).